The first-order chi connectivity index (χ1) is 9.61. The molecule has 1 heterocycles. The number of phenolic OH excluding ortho intramolecular Hbond substituents is 1. The molecule has 0 aliphatic carbocycles. The molecule has 0 saturated carbocycles. The van der Waals surface area contributed by atoms with Gasteiger partial charge in [-0.25, -0.2) is 0 Å². The molecule has 0 aromatic heterocycles. The van der Waals surface area contributed by atoms with E-state index < -0.39 is 0 Å². The second-order valence-corrected chi connectivity index (χ2v) is 5.17. The Kier molecular flexibility index (Phi) is 2.86. The number of nitrogens with zero attached hydrogens (tertiary/aromatic N) is 2. The third-order valence-corrected chi connectivity index (χ3v) is 3.78. The van der Waals surface area contributed by atoms with Crippen molar-refractivity contribution < 1.29 is 5.11 Å². The normalized spacial score (nSPS) is 21.9. The summed E-state index contributed by atoms with van der Waals surface area (Å²) in [5.74, 6) is 0.780. The molecule has 102 valence electrons. The van der Waals surface area contributed by atoms with Crippen LogP contribution in [-0.4, -0.2) is 17.6 Å². The van der Waals surface area contributed by atoms with Gasteiger partial charge in [-0.3, -0.25) is 4.99 Å². The van der Waals surface area contributed by atoms with Gasteiger partial charge in [0.25, 0.3) is 0 Å². The number of para-hydroxylation sites is 1. The van der Waals surface area contributed by atoms with E-state index in [1.54, 1.807) is 12.1 Å². The van der Waals surface area contributed by atoms with Crippen LogP contribution in [0.15, 0.2) is 59.6 Å². The van der Waals surface area contributed by atoms with Gasteiger partial charge in [-0.2, -0.15) is 0 Å². The molecular formula is C16H17N3O. The first-order valence-electron chi connectivity index (χ1n) is 6.56. The van der Waals surface area contributed by atoms with E-state index in [2.05, 4.69) is 11.9 Å². The van der Waals surface area contributed by atoms with Crippen molar-refractivity contribution in [3.63, 3.8) is 0 Å². The van der Waals surface area contributed by atoms with Crippen molar-refractivity contribution in [2.45, 2.75) is 12.5 Å². The van der Waals surface area contributed by atoms with E-state index in [1.165, 1.54) is 0 Å². The zero-order valence-corrected chi connectivity index (χ0v) is 11.3. The lowest BCUT2D eigenvalue weighted by molar-refractivity contribution is 0.473. The molecule has 3 N–H and O–H groups in total. The van der Waals surface area contributed by atoms with Gasteiger partial charge in [0.05, 0.1) is 12.1 Å². The average molecular weight is 267 g/mol. The Morgan fingerprint density at radius 2 is 1.75 bits per heavy atom. The molecule has 2 aromatic carbocycles. The van der Waals surface area contributed by atoms with Crippen LogP contribution in [0, 0.1) is 0 Å². The predicted molar refractivity (Wildman–Crippen MR) is 80.9 cm³/mol. The lowest BCUT2D eigenvalue weighted by Gasteiger charge is -2.36. The van der Waals surface area contributed by atoms with Crippen LogP contribution < -0.4 is 10.6 Å². The second-order valence-electron chi connectivity index (χ2n) is 5.17. The van der Waals surface area contributed by atoms with Crippen LogP contribution in [0.1, 0.15) is 12.5 Å². The summed E-state index contributed by atoms with van der Waals surface area (Å²) in [5, 5.41) is 9.45. The molecule has 3 rings (SSSR count). The van der Waals surface area contributed by atoms with Crippen LogP contribution in [0.4, 0.5) is 5.69 Å². The Bertz CT molecular complexity index is 637. The highest BCUT2D eigenvalue weighted by Crippen LogP contribution is 2.37. The van der Waals surface area contributed by atoms with Crippen LogP contribution >= 0.6 is 0 Å². The largest absolute Gasteiger partial charge is 0.508 e. The maximum absolute atomic E-state index is 9.45. The minimum atomic E-state index is -0.334. The zero-order valence-electron chi connectivity index (χ0n) is 11.3. The van der Waals surface area contributed by atoms with Crippen LogP contribution in [0.3, 0.4) is 0 Å². The van der Waals surface area contributed by atoms with Gasteiger partial charge >= 0.3 is 0 Å². The van der Waals surface area contributed by atoms with Gasteiger partial charge in [0.15, 0.2) is 5.96 Å². The SMILES string of the molecule is CC1(c2ccc(O)cc2)CN=C(N)N1c1ccccc1. The Morgan fingerprint density at radius 3 is 2.40 bits per heavy atom. The third-order valence-electron chi connectivity index (χ3n) is 3.78. The molecule has 1 aliphatic rings. The molecule has 20 heavy (non-hydrogen) atoms. The van der Waals surface area contributed by atoms with Gasteiger partial charge in [-0.15, -0.1) is 0 Å². The maximum atomic E-state index is 9.45. The van der Waals surface area contributed by atoms with Gasteiger partial charge in [0.2, 0.25) is 0 Å². The summed E-state index contributed by atoms with van der Waals surface area (Å²) in [6, 6.07) is 17.2. The first-order valence-corrected chi connectivity index (χ1v) is 6.56. The van der Waals surface area contributed by atoms with Crippen molar-refractivity contribution >= 4 is 11.6 Å². The van der Waals surface area contributed by atoms with E-state index in [9.17, 15) is 5.11 Å². The summed E-state index contributed by atoms with van der Waals surface area (Å²) in [7, 11) is 0. The van der Waals surface area contributed by atoms with Gasteiger partial charge in [0.1, 0.15) is 5.75 Å². The number of anilines is 1. The number of aromatic hydroxyl groups is 1. The minimum absolute atomic E-state index is 0.260. The van der Waals surface area contributed by atoms with E-state index >= 15 is 0 Å². The highest BCUT2D eigenvalue weighted by molar-refractivity contribution is 5.98. The van der Waals surface area contributed by atoms with Crippen molar-refractivity contribution in [3.05, 3.63) is 60.2 Å². The molecule has 1 unspecified atom stereocenters. The topological polar surface area (TPSA) is 61.9 Å². The van der Waals surface area contributed by atoms with Gasteiger partial charge < -0.3 is 15.7 Å². The number of hydrogen-bond donors (Lipinski definition) is 2. The summed E-state index contributed by atoms with van der Waals surface area (Å²) < 4.78 is 0. The maximum Gasteiger partial charge on any atom is 0.196 e. The molecule has 0 amide bonds. The summed E-state index contributed by atoms with van der Waals surface area (Å²) in [6.07, 6.45) is 0. The summed E-state index contributed by atoms with van der Waals surface area (Å²) in [5.41, 5.74) is 7.83. The fourth-order valence-corrected chi connectivity index (χ4v) is 2.66. The van der Waals surface area contributed by atoms with Crippen molar-refractivity contribution in [1.82, 2.24) is 0 Å². The predicted octanol–water partition coefficient (Wildman–Crippen LogP) is 2.44. The lowest BCUT2D eigenvalue weighted by Crippen LogP contribution is -2.47. The van der Waals surface area contributed by atoms with E-state index in [0.717, 1.165) is 11.3 Å². The van der Waals surface area contributed by atoms with Gasteiger partial charge in [-0.05, 0) is 36.8 Å². The number of phenols is 1. The van der Waals surface area contributed by atoms with Crippen LogP contribution in [0.25, 0.3) is 0 Å². The van der Waals surface area contributed by atoms with Crippen LogP contribution in [0.2, 0.25) is 0 Å². The van der Waals surface area contributed by atoms with E-state index in [1.807, 2.05) is 47.4 Å². The molecule has 0 fully saturated rings. The third kappa shape index (κ3) is 1.90. The average Bonchev–Trinajstić information content (AvgIpc) is 2.77. The number of rotatable bonds is 2. The molecule has 1 atom stereocenters. The monoisotopic (exact) mass is 267 g/mol. The Morgan fingerprint density at radius 1 is 1.10 bits per heavy atom. The smallest absolute Gasteiger partial charge is 0.196 e. The molecular weight excluding hydrogens is 250 g/mol. The Balaban J connectivity index is 2.06. The lowest BCUT2D eigenvalue weighted by atomic mass is 9.90. The molecule has 0 spiro atoms. The highest BCUT2D eigenvalue weighted by atomic mass is 16.3. The summed E-state index contributed by atoms with van der Waals surface area (Å²) in [4.78, 5) is 6.44. The fraction of sp³-hybridized carbons (Fsp3) is 0.188. The molecule has 0 radical (unpaired) electrons. The highest BCUT2D eigenvalue weighted by Gasteiger charge is 2.40. The van der Waals surface area contributed by atoms with E-state index in [-0.39, 0.29) is 11.3 Å². The molecule has 2 aromatic rings. The van der Waals surface area contributed by atoms with Gasteiger partial charge in [0, 0.05) is 5.69 Å². The zero-order chi connectivity index (χ0) is 14.2. The van der Waals surface area contributed by atoms with Crippen molar-refractivity contribution in [1.29, 1.82) is 0 Å². The van der Waals surface area contributed by atoms with Crippen molar-refractivity contribution in [2.24, 2.45) is 10.7 Å². The first kappa shape index (κ1) is 12.5. The van der Waals surface area contributed by atoms with Crippen molar-refractivity contribution in [3.8, 4) is 5.75 Å². The molecule has 4 nitrogen and oxygen atoms in total. The fourth-order valence-electron chi connectivity index (χ4n) is 2.66. The Hall–Kier alpha value is -2.49. The summed E-state index contributed by atoms with van der Waals surface area (Å²) in [6.45, 7) is 2.70. The molecule has 1 aliphatic heterocycles. The number of guanidine groups is 1. The van der Waals surface area contributed by atoms with Crippen molar-refractivity contribution in [2.75, 3.05) is 11.4 Å². The number of aliphatic imine (C=N–C) groups is 1. The van der Waals surface area contributed by atoms with E-state index in [0.29, 0.717) is 12.5 Å². The van der Waals surface area contributed by atoms with E-state index in [4.69, 9.17) is 5.73 Å². The quantitative estimate of drug-likeness (QED) is 0.878. The number of hydrogen-bond acceptors (Lipinski definition) is 4. The molecule has 4 heteroatoms. The standard InChI is InChI=1S/C16H17N3O/c1-16(12-7-9-14(20)10-8-12)11-18-15(17)19(16)13-5-3-2-4-6-13/h2-10,20H,11H2,1H3,(H2,17,18). The van der Waals surface area contributed by atoms with Crippen LogP contribution in [0.5, 0.6) is 5.75 Å². The molecule has 0 bridgehead atoms. The number of benzene rings is 2. The van der Waals surface area contributed by atoms with Gasteiger partial charge in [-0.1, -0.05) is 30.3 Å². The minimum Gasteiger partial charge on any atom is -0.508 e. The second kappa shape index (κ2) is 4.56. The molecule has 0 saturated heterocycles. The summed E-state index contributed by atoms with van der Waals surface area (Å²) >= 11 is 0. The Labute approximate surface area is 118 Å². The van der Waals surface area contributed by atoms with Crippen LogP contribution in [-0.2, 0) is 5.54 Å². The number of nitrogens with two attached hydrogens (primary N) is 1.